The van der Waals surface area contributed by atoms with Gasteiger partial charge in [0.1, 0.15) is 4.83 Å². The first-order chi connectivity index (χ1) is 12.1. The molecule has 0 radical (unpaired) electrons. The number of carboxylic acid groups (broad SMARTS) is 1. The molecule has 1 atom stereocenters. The first kappa shape index (κ1) is 21.7. The first-order valence-corrected chi connectivity index (χ1v) is 10.2. The third kappa shape index (κ3) is 11.0. The molecule has 0 saturated carbocycles. The Morgan fingerprint density at radius 1 is 0.880 bits per heavy atom. The average molecular weight is 412 g/mol. The second kappa shape index (κ2) is 13.9. The van der Waals surface area contributed by atoms with E-state index in [0.717, 1.165) is 44.2 Å². The number of nitrogens with one attached hydrogen (secondary N) is 1. The van der Waals surface area contributed by atoms with Crippen LogP contribution in [0.3, 0.4) is 0 Å². The highest BCUT2D eigenvalue weighted by atomic mass is 79.9. The summed E-state index contributed by atoms with van der Waals surface area (Å²) in [7, 11) is 0. The Morgan fingerprint density at radius 2 is 1.40 bits per heavy atom. The van der Waals surface area contributed by atoms with Crippen LogP contribution in [0.5, 0.6) is 0 Å². The Morgan fingerprint density at radius 3 is 1.96 bits per heavy atom. The van der Waals surface area contributed by atoms with Gasteiger partial charge in [-0.25, -0.2) is 0 Å². The van der Waals surface area contributed by atoms with Crippen molar-refractivity contribution in [1.29, 1.82) is 0 Å². The van der Waals surface area contributed by atoms with Crippen molar-refractivity contribution in [1.82, 2.24) is 5.32 Å². The fourth-order valence-electron chi connectivity index (χ4n) is 2.71. The maximum atomic E-state index is 12.1. The highest BCUT2D eigenvalue weighted by Crippen LogP contribution is 2.22. The normalized spacial score (nSPS) is 11.9. The quantitative estimate of drug-likeness (QED) is 0.325. The monoisotopic (exact) mass is 411 g/mol. The van der Waals surface area contributed by atoms with Crippen molar-refractivity contribution in [3.63, 3.8) is 0 Å². The van der Waals surface area contributed by atoms with Crippen molar-refractivity contribution < 1.29 is 14.7 Å². The molecular formula is C20H30BrNO3. The fraction of sp³-hybridized carbons (Fsp3) is 0.600. The van der Waals surface area contributed by atoms with Crippen LogP contribution in [0.2, 0.25) is 0 Å². The van der Waals surface area contributed by atoms with Gasteiger partial charge in [0, 0.05) is 13.0 Å². The topological polar surface area (TPSA) is 66.4 Å². The van der Waals surface area contributed by atoms with Crippen LogP contribution in [-0.2, 0) is 9.59 Å². The molecular weight excluding hydrogens is 382 g/mol. The lowest BCUT2D eigenvalue weighted by Crippen LogP contribution is -2.27. The molecule has 2 N–H and O–H groups in total. The molecule has 0 aliphatic carbocycles. The summed E-state index contributed by atoms with van der Waals surface area (Å²) in [6.45, 7) is 0.725. The molecule has 140 valence electrons. The Balaban J connectivity index is 1.91. The Bertz CT molecular complexity index is 493. The van der Waals surface area contributed by atoms with Crippen LogP contribution >= 0.6 is 15.9 Å². The predicted octanol–water partition coefficient (Wildman–Crippen LogP) is 5.22. The number of carbonyl (C=O) groups excluding carboxylic acids is 1. The van der Waals surface area contributed by atoms with E-state index < -0.39 is 5.97 Å². The molecule has 0 spiro atoms. The zero-order valence-electron chi connectivity index (χ0n) is 14.9. The molecule has 1 aromatic carbocycles. The molecule has 0 saturated heterocycles. The predicted molar refractivity (Wildman–Crippen MR) is 105 cm³/mol. The lowest BCUT2D eigenvalue weighted by Gasteiger charge is -2.11. The number of carbonyl (C=O) groups is 2. The minimum Gasteiger partial charge on any atom is -0.481 e. The molecule has 0 aliphatic heterocycles. The SMILES string of the molecule is O=C(O)CCCCCCCCCCCNC(=O)C(Br)c1ccccc1. The highest BCUT2D eigenvalue weighted by Gasteiger charge is 2.15. The molecule has 0 bridgehead atoms. The van der Waals surface area contributed by atoms with Crippen molar-refractivity contribution in [3.8, 4) is 0 Å². The van der Waals surface area contributed by atoms with Crippen molar-refractivity contribution in [2.24, 2.45) is 0 Å². The maximum absolute atomic E-state index is 12.1. The molecule has 0 aromatic heterocycles. The number of hydrogen-bond donors (Lipinski definition) is 2. The smallest absolute Gasteiger partial charge is 0.303 e. The van der Waals surface area contributed by atoms with E-state index in [0.29, 0.717) is 6.42 Å². The summed E-state index contributed by atoms with van der Waals surface area (Å²) in [5, 5.41) is 11.5. The van der Waals surface area contributed by atoms with Gasteiger partial charge >= 0.3 is 5.97 Å². The first-order valence-electron chi connectivity index (χ1n) is 9.30. The van der Waals surface area contributed by atoms with Gasteiger partial charge < -0.3 is 10.4 Å². The number of unbranched alkanes of at least 4 members (excludes halogenated alkanes) is 8. The van der Waals surface area contributed by atoms with E-state index in [2.05, 4.69) is 21.2 Å². The summed E-state index contributed by atoms with van der Waals surface area (Å²) in [5.41, 5.74) is 0.975. The average Bonchev–Trinajstić information content (AvgIpc) is 2.62. The molecule has 25 heavy (non-hydrogen) atoms. The van der Waals surface area contributed by atoms with Crippen LogP contribution in [0.25, 0.3) is 0 Å². The van der Waals surface area contributed by atoms with E-state index in [1.807, 2.05) is 30.3 Å². The molecule has 4 nitrogen and oxygen atoms in total. The van der Waals surface area contributed by atoms with Crippen LogP contribution < -0.4 is 5.32 Å². The van der Waals surface area contributed by atoms with E-state index >= 15 is 0 Å². The standard InChI is InChI=1S/C20H30BrNO3/c21-19(17-13-9-8-10-14-17)20(25)22-16-12-7-5-3-1-2-4-6-11-15-18(23)24/h8-10,13-14,19H,1-7,11-12,15-16H2,(H,22,25)(H,23,24). The number of carboxylic acids is 1. The van der Waals surface area contributed by atoms with Crippen LogP contribution in [0, 0.1) is 0 Å². The number of alkyl halides is 1. The van der Waals surface area contributed by atoms with Crippen molar-refractivity contribution in [2.45, 2.75) is 69.0 Å². The van der Waals surface area contributed by atoms with Gasteiger partial charge in [-0.3, -0.25) is 9.59 Å². The molecule has 5 heteroatoms. The number of amides is 1. The van der Waals surface area contributed by atoms with Gasteiger partial charge in [-0.05, 0) is 18.4 Å². The van der Waals surface area contributed by atoms with Gasteiger partial charge in [0.05, 0.1) is 0 Å². The Labute approximate surface area is 159 Å². The summed E-state index contributed by atoms with van der Waals surface area (Å²) >= 11 is 3.44. The summed E-state index contributed by atoms with van der Waals surface area (Å²) in [6, 6.07) is 9.70. The molecule has 0 fully saturated rings. The Kier molecular flexibility index (Phi) is 12.0. The highest BCUT2D eigenvalue weighted by molar-refractivity contribution is 9.09. The van der Waals surface area contributed by atoms with E-state index in [1.54, 1.807) is 0 Å². The number of benzene rings is 1. The number of hydrogen-bond acceptors (Lipinski definition) is 2. The maximum Gasteiger partial charge on any atom is 0.303 e. The van der Waals surface area contributed by atoms with Gasteiger partial charge in [-0.1, -0.05) is 91.2 Å². The third-order valence-corrected chi connectivity index (χ3v) is 5.13. The van der Waals surface area contributed by atoms with Gasteiger partial charge in [-0.2, -0.15) is 0 Å². The van der Waals surface area contributed by atoms with E-state index in [1.165, 1.54) is 25.7 Å². The van der Waals surface area contributed by atoms with Crippen LogP contribution in [-0.4, -0.2) is 23.5 Å². The zero-order chi connectivity index (χ0) is 18.3. The van der Waals surface area contributed by atoms with Crippen LogP contribution in [0.1, 0.15) is 74.6 Å². The minimum atomic E-state index is -0.693. The van der Waals surface area contributed by atoms with Crippen LogP contribution in [0.15, 0.2) is 30.3 Å². The summed E-state index contributed by atoms with van der Waals surface area (Å²) in [5.74, 6) is -0.672. The summed E-state index contributed by atoms with van der Waals surface area (Å²) in [4.78, 5) is 22.2. The fourth-order valence-corrected chi connectivity index (χ4v) is 3.18. The van der Waals surface area contributed by atoms with E-state index in [4.69, 9.17) is 5.11 Å². The molecule has 0 heterocycles. The summed E-state index contributed by atoms with van der Waals surface area (Å²) in [6.07, 6.45) is 10.2. The third-order valence-electron chi connectivity index (χ3n) is 4.19. The van der Waals surface area contributed by atoms with Crippen molar-refractivity contribution in [3.05, 3.63) is 35.9 Å². The van der Waals surface area contributed by atoms with Crippen LogP contribution in [0.4, 0.5) is 0 Å². The van der Waals surface area contributed by atoms with Gasteiger partial charge in [0.15, 0.2) is 0 Å². The second-order valence-electron chi connectivity index (χ2n) is 6.39. The van der Waals surface area contributed by atoms with E-state index in [9.17, 15) is 9.59 Å². The molecule has 1 amide bonds. The molecule has 1 unspecified atom stereocenters. The second-order valence-corrected chi connectivity index (χ2v) is 7.31. The van der Waals surface area contributed by atoms with E-state index in [-0.39, 0.29) is 10.7 Å². The lowest BCUT2D eigenvalue weighted by atomic mass is 10.1. The van der Waals surface area contributed by atoms with Gasteiger partial charge in [0.2, 0.25) is 5.91 Å². The molecule has 0 aliphatic rings. The minimum absolute atomic E-state index is 0.0209. The largest absolute Gasteiger partial charge is 0.481 e. The van der Waals surface area contributed by atoms with Crippen molar-refractivity contribution in [2.75, 3.05) is 6.54 Å². The zero-order valence-corrected chi connectivity index (χ0v) is 16.5. The van der Waals surface area contributed by atoms with Crippen molar-refractivity contribution >= 4 is 27.8 Å². The Hall–Kier alpha value is -1.36. The number of aliphatic carboxylic acids is 1. The summed E-state index contributed by atoms with van der Waals surface area (Å²) < 4.78 is 0. The molecule has 1 rings (SSSR count). The molecule has 1 aromatic rings. The number of rotatable bonds is 14. The van der Waals surface area contributed by atoms with Gasteiger partial charge in [-0.15, -0.1) is 0 Å². The lowest BCUT2D eigenvalue weighted by molar-refractivity contribution is -0.137. The van der Waals surface area contributed by atoms with Gasteiger partial charge in [0.25, 0.3) is 0 Å². The number of halogens is 1.